The Morgan fingerprint density at radius 1 is 1.48 bits per heavy atom. The van der Waals surface area contributed by atoms with Gasteiger partial charge in [-0.15, -0.1) is 0 Å². The number of hydrogen-bond donors (Lipinski definition) is 1. The highest BCUT2D eigenvalue weighted by Crippen LogP contribution is 2.09. The van der Waals surface area contributed by atoms with Crippen LogP contribution in [0.15, 0.2) is 38.5 Å². The summed E-state index contributed by atoms with van der Waals surface area (Å²) in [6, 6.07) is 3.53. The van der Waals surface area contributed by atoms with Crippen LogP contribution in [-0.4, -0.2) is 26.7 Å². The van der Waals surface area contributed by atoms with E-state index in [0.717, 1.165) is 5.76 Å². The molecule has 3 aromatic rings. The molecule has 0 aliphatic carbocycles. The molecule has 0 aromatic carbocycles. The lowest BCUT2D eigenvalue weighted by Gasteiger charge is -2.13. The molecule has 3 heterocycles. The van der Waals surface area contributed by atoms with Crippen LogP contribution in [0.4, 0.5) is 0 Å². The molecule has 0 aliphatic heterocycles. The average molecular weight is 316 g/mol. The van der Waals surface area contributed by atoms with Crippen molar-refractivity contribution in [1.82, 2.24) is 20.0 Å². The van der Waals surface area contributed by atoms with Crippen LogP contribution in [0.1, 0.15) is 18.4 Å². The first-order valence-corrected chi connectivity index (χ1v) is 7.17. The largest absolute Gasteiger partial charge is 0.469 e. The normalized spacial score (nSPS) is 12.4. The van der Waals surface area contributed by atoms with E-state index < -0.39 is 0 Å². The molecule has 0 spiro atoms. The highest BCUT2D eigenvalue weighted by Gasteiger charge is 2.15. The van der Waals surface area contributed by atoms with Gasteiger partial charge in [0.2, 0.25) is 5.91 Å². The van der Waals surface area contributed by atoms with Gasteiger partial charge in [-0.05, 0) is 26.0 Å². The zero-order valence-corrected chi connectivity index (χ0v) is 12.8. The maximum absolute atomic E-state index is 12.3. The lowest BCUT2D eigenvalue weighted by atomic mass is 10.2. The summed E-state index contributed by atoms with van der Waals surface area (Å²) in [6.45, 7) is 3.41. The molecule has 23 heavy (non-hydrogen) atoms. The molecule has 1 N–H and O–H groups in total. The molecule has 0 saturated heterocycles. The van der Waals surface area contributed by atoms with Crippen LogP contribution in [0.5, 0.6) is 0 Å². The van der Waals surface area contributed by atoms with Gasteiger partial charge < -0.3 is 14.3 Å². The molecule has 0 fully saturated rings. The van der Waals surface area contributed by atoms with Crippen molar-refractivity contribution in [2.45, 2.75) is 32.9 Å². The van der Waals surface area contributed by atoms with Crippen LogP contribution in [-0.2, 0) is 17.8 Å². The van der Waals surface area contributed by atoms with E-state index in [2.05, 4.69) is 15.5 Å². The number of nitrogens with zero attached hydrogens (tertiary/aromatic N) is 3. The molecular weight excluding hydrogens is 300 g/mol. The van der Waals surface area contributed by atoms with Crippen LogP contribution in [0.3, 0.4) is 0 Å². The summed E-state index contributed by atoms with van der Waals surface area (Å²) in [5.41, 5.74) is 0.288. The van der Waals surface area contributed by atoms with Crippen molar-refractivity contribution in [3.8, 4) is 0 Å². The Hall–Kier alpha value is -2.90. The fraction of sp³-hybridized carbons (Fsp3) is 0.333. The van der Waals surface area contributed by atoms with E-state index in [-0.39, 0.29) is 29.8 Å². The van der Waals surface area contributed by atoms with Crippen LogP contribution in [0.25, 0.3) is 11.1 Å². The van der Waals surface area contributed by atoms with Crippen molar-refractivity contribution in [2.75, 3.05) is 0 Å². The number of carbonyl (C=O) groups is 1. The number of carbonyl (C=O) groups excluding carboxylic acids is 1. The molecule has 1 atom stereocenters. The third-order valence-electron chi connectivity index (χ3n) is 3.44. The second kappa shape index (κ2) is 6.07. The van der Waals surface area contributed by atoms with E-state index in [1.807, 2.05) is 13.0 Å². The molecule has 8 heteroatoms. The van der Waals surface area contributed by atoms with Crippen molar-refractivity contribution >= 4 is 17.0 Å². The van der Waals surface area contributed by atoms with Gasteiger partial charge >= 0.3 is 0 Å². The maximum Gasteiger partial charge on any atom is 0.267 e. The quantitative estimate of drug-likeness (QED) is 0.754. The second-order valence-electron chi connectivity index (χ2n) is 5.38. The van der Waals surface area contributed by atoms with E-state index >= 15 is 0 Å². The first-order valence-electron chi connectivity index (χ1n) is 7.17. The van der Waals surface area contributed by atoms with E-state index in [4.69, 9.17) is 8.94 Å². The van der Waals surface area contributed by atoms with Gasteiger partial charge in [-0.3, -0.25) is 14.2 Å². The minimum Gasteiger partial charge on any atom is -0.469 e. The molecular formula is C15H16N4O4. The fourth-order valence-electron chi connectivity index (χ4n) is 2.38. The third-order valence-corrected chi connectivity index (χ3v) is 3.44. The summed E-state index contributed by atoms with van der Waals surface area (Å²) in [5, 5.41) is 6.83. The molecule has 0 unspecified atom stereocenters. The van der Waals surface area contributed by atoms with Gasteiger partial charge in [0.05, 0.1) is 12.0 Å². The summed E-state index contributed by atoms with van der Waals surface area (Å²) in [5.74, 6) is 0.513. The molecule has 0 saturated carbocycles. The lowest BCUT2D eigenvalue weighted by Crippen LogP contribution is -2.38. The van der Waals surface area contributed by atoms with Gasteiger partial charge in [-0.2, -0.15) is 0 Å². The third kappa shape index (κ3) is 3.15. The number of nitrogens with one attached hydrogen (secondary N) is 1. The van der Waals surface area contributed by atoms with Crippen molar-refractivity contribution in [1.29, 1.82) is 0 Å². The highest BCUT2D eigenvalue weighted by atomic mass is 16.5. The maximum atomic E-state index is 12.3. The van der Waals surface area contributed by atoms with Gasteiger partial charge in [-0.1, -0.05) is 5.16 Å². The molecule has 0 bridgehead atoms. The van der Waals surface area contributed by atoms with Crippen LogP contribution in [0.2, 0.25) is 0 Å². The molecule has 3 aromatic heterocycles. The number of amides is 1. The minimum absolute atomic E-state index is 0.113. The summed E-state index contributed by atoms with van der Waals surface area (Å²) < 4.78 is 11.4. The number of fused-ring (bicyclic) bond motifs is 1. The Morgan fingerprint density at radius 3 is 3.04 bits per heavy atom. The van der Waals surface area contributed by atoms with Crippen LogP contribution >= 0.6 is 0 Å². The standard InChI is InChI=1S/C15H16N4O4/c1-9(6-11-4-3-5-22-11)17-12(20)7-19-8-16-14-13(15(19)21)10(2)18-23-14/h3-5,8-9H,6-7H2,1-2H3,(H,17,20)/t9-/m1/s1. The minimum atomic E-state index is -0.345. The molecule has 120 valence electrons. The predicted molar refractivity (Wildman–Crippen MR) is 80.8 cm³/mol. The Kier molecular flexibility index (Phi) is 3.96. The summed E-state index contributed by atoms with van der Waals surface area (Å²) >= 11 is 0. The number of furan rings is 1. The summed E-state index contributed by atoms with van der Waals surface area (Å²) in [7, 11) is 0. The van der Waals surface area contributed by atoms with Crippen LogP contribution in [0, 0.1) is 6.92 Å². The van der Waals surface area contributed by atoms with Gasteiger partial charge in [0.25, 0.3) is 11.3 Å². The van der Waals surface area contributed by atoms with Crippen molar-refractivity contribution < 1.29 is 13.7 Å². The molecule has 3 rings (SSSR count). The fourth-order valence-corrected chi connectivity index (χ4v) is 2.38. The van der Waals surface area contributed by atoms with Crippen molar-refractivity contribution in [2.24, 2.45) is 0 Å². The first kappa shape index (κ1) is 15.0. The lowest BCUT2D eigenvalue weighted by molar-refractivity contribution is -0.122. The van der Waals surface area contributed by atoms with Gasteiger partial charge in [0, 0.05) is 12.5 Å². The van der Waals surface area contributed by atoms with Gasteiger partial charge in [0.1, 0.15) is 24.0 Å². The SMILES string of the molecule is Cc1noc2ncn(CC(=O)N[C@H](C)Cc3ccco3)c(=O)c12. The van der Waals surface area contributed by atoms with Crippen molar-refractivity contribution in [3.05, 3.63) is 46.5 Å². The van der Waals surface area contributed by atoms with Crippen LogP contribution < -0.4 is 10.9 Å². The number of hydrogen-bond acceptors (Lipinski definition) is 6. The van der Waals surface area contributed by atoms with Gasteiger partial charge in [-0.25, -0.2) is 4.98 Å². The number of aryl methyl sites for hydroxylation is 1. The first-order chi connectivity index (χ1) is 11.0. The summed E-state index contributed by atoms with van der Waals surface area (Å²) in [4.78, 5) is 28.4. The van der Waals surface area contributed by atoms with E-state index in [9.17, 15) is 9.59 Å². The Labute approximate surface area is 131 Å². The number of aromatic nitrogens is 3. The Morgan fingerprint density at radius 2 is 2.30 bits per heavy atom. The Balaban J connectivity index is 1.69. The smallest absolute Gasteiger partial charge is 0.267 e. The van der Waals surface area contributed by atoms with E-state index in [1.165, 1.54) is 10.9 Å². The molecule has 1 amide bonds. The monoisotopic (exact) mass is 316 g/mol. The molecule has 0 aliphatic rings. The van der Waals surface area contributed by atoms with Crippen molar-refractivity contribution in [3.63, 3.8) is 0 Å². The topological polar surface area (TPSA) is 103 Å². The Bertz CT molecular complexity index is 879. The zero-order valence-electron chi connectivity index (χ0n) is 12.8. The van der Waals surface area contributed by atoms with E-state index in [1.54, 1.807) is 19.3 Å². The van der Waals surface area contributed by atoms with Gasteiger partial charge in [0.15, 0.2) is 0 Å². The zero-order chi connectivity index (χ0) is 16.4. The molecule has 8 nitrogen and oxygen atoms in total. The number of rotatable bonds is 5. The van der Waals surface area contributed by atoms with E-state index in [0.29, 0.717) is 17.5 Å². The highest BCUT2D eigenvalue weighted by molar-refractivity contribution is 5.77. The average Bonchev–Trinajstić information content (AvgIpc) is 3.12. The summed E-state index contributed by atoms with van der Waals surface area (Å²) in [6.07, 6.45) is 3.45. The second-order valence-corrected chi connectivity index (χ2v) is 5.38. The predicted octanol–water partition coefficient (Wildman–Crippen LogP) is 1.03. The molecule has 0 radical (unpaired) electrons.